The van der Waals surface area contributed by atoms with Gasteiger partial charge >= 0.3 is 0 Å². The zero-order valence-electron chi connectivity index (χ0n) is 12.9. The molecule has 1 aromatic heterocycles. The minimum Gasteiger partial charge on any atom is -0.478 e. The number of carbonyl (C=O) groups is 1. The SMILES string of the molecule is CCCc1nnsc1C(=O)NCC#CCOc1ccc(F)cc1F. The average Bonchev–Trinajstić information content (AvgIpc) is 3.01. The zero-order chi connectivity index (χ0) is 17.4. The number of rotatable bonds is 6. The minimum atomic E-state index is -0.786. The Labute approximate surface area is 142 Å². The Bertz CT molecular complexity index is 768. The Morgan fingerprint density at radius 3 is 2.96 bits per heavy atom. The second-order valence-electron chi connectivity index (χ2n) is 4.70. The van der Waals surface area contributed by atoms with E-state index in [-0.39, 0.29) is 24.8 Å². The molecule has 1 aromatic carbocycles. The number of ether oxygens (including phenoxy) is 1. The third kappa shape index (κ3) is 4.99. The maximum absolute atomic E-state index is 13.3. The van der Waals surface area contributed by atoms with Crippen LogP contribution in [-0.4, -0.2) is 28.6 Å². The van der Waals surface area contributed by atoms with Gasteiger partial charge in [-0.1, -0.05) is 29.7 Å². The lowest BCUT2D eigenvalue weighted by atomic mass is 10.2. The molecule has 0 atom stereocenters. The number of hydrogen-bond donors (Lipinski definition) is 1. The molecule has 126 valence electrons. The van der Waals surface area contributed by atoms with Gasteiger partial charge in [-0.15, -0.1) is 5.10 Å². The van der Waals surface area contributed by atoms with Crippen molar-refractivity contribution in [3.8, 4) is 17.6 Å². The van der Waals surface area contributed by atoms with Gasteiger partial charge in [0.15, 0.2) is 11.6 Å². The summed E-state index contributed by atoms with van der Waals surface area (Å²) in [6.07, 6.45) is 1.57. The first-order valence-electron chi connectivity index (χ1n) is 7.24. The molecule has 0 radical (unpaired) electrons. The second-order valence-corrected chi connectivity index (χ2v) is 5.45. The molecule has 0 aliphatic carbocycles. The molecule has 0 aliphatic rings. The molecule has 1 amide bonds. The normalized spacial score (nSPS) is 9.96. The van der Waals surface area contributed by atoms with Crippen LogP contribution in [0.3, 0.4) is 0 Å². The lowest BCUT2D eigenvalue weighted by Crippen LogP contribution is -2.23. The summed E-state index contributed by atoms with van der Waals surface area (Å²) in [5.41, 5.74) is 0.683. The van der Waals surface area contributed by atoms with Gasteiger partial charge in [-0.05, 0) is 30.1 Å². The third-order valence-corrected chi connectivity index (χ3v) is 3.67. The van der Waals surface area contributed by atoms with Crippen molar-refractivity contribution >= 4 is 17.4 Å². The van der Waals surface area contributed by atoms with E-state index in [1.165, 1.54) is 6.07 Å². The van der Waals surface area contributed by atoms with E-state index in [0.29, 0.717) is 17.0 Å². The van der Waals surface area contributed by atoms with Gasteiger partial charge in [0.05, 0.1) is 12.2 Å². The fourth-order valence-electron chi connectivity index (χ4n) is 1.81. The number of aromatic nitrogens is 2. The van der Waals surface area contributed by atoms with Crippen molar-refractivity contribution in [1.82, 2.24) is 14.9 Å². The fourth-order valence-corrected chi connectivity index (χ4v) is 2.43. The second kappa shape index (κ2) is 8.93. The summed E-state index contributed by atoms with van der Waals surface area (Å²) in [7, 11) is 0. The van der Waals surface area contributed by atoms with Gasteiger partial charge in [0.1, 0.15) is 17.3 Å². The van der Waals surface area contributed by atoms with Gasteiger partial charge in [-0.3, -0.25) is 4.79 Å². The first-order valence-corrected chi connectivity index (χ1v) is 8.02. The van der Waals surface area contributed by atoms with Crippen LogP contribution in [0.2, 0.25) is 0 Å². The van der Waals surface area contributed by atoms with E-state index in [2.05, 4.69) is 26.7 Å². The molecule has 0 aliphatic heterocycles. The number of benzene rings is 1. The average molecular weight is 351 g/mol. The summed E-state index contributed by atoms with van der Waals surface area (Å²) >= 11 is 1.05. The van der Waals surface area contributed by atoms with Gasteiger partial charge in [-0.25, -0.2) is 8.78 Å². The molecule has 0 spiro atoms. The largest absolute Gasteiger partial charge is 0.478 e. The number of hydrogen-bond acceptors (Lipinski definition) is 5. The van der Waals surface area contributed by atoms with Crippen LogP contribution in [0.1, 0.15) is 28.7 Å². The molecular formula is C16H15F2N3O2S. The van der Waals surface area contributed by atoms with Crippen molar-refractivity contribution in [2.45, 2.75) is 19.8 Å². The number of carbonyl (C=O) groups excluding carboxylic acids is 1. The quantitative estimate of drug-likeness (QED) is 0.813. The van der Waals surface area contributed by atoms with Gasteiger partial charge < -0.3 is 10.1 Å². The number of nitrogens with one attached hydrogen (secondary N) is 1. The van der Waals surface area contributed by atoms with Gasteiger partial charge in [0, 0.05) is 6.07 Å². The van der Waals surface area contributed by atoms with Crippen LogP contribution in [0.15, 0.2) is 18.2 Å². The van der Waals surface area contributed by atoms with Crippen molar-refractivity contribution < 1.29 is 18.3 Å². The highest BCUT2D eigenvalue weighted by Crippen LogP contribution is 2.17. The number of halogens is 2. The number of nitrogens with zero attached hydrogens (tertiary/aromatic N) is 2. The molecule has 24 heavy (non-hydrogen) atoms. The number of aryl methyl sites for hydroxylation is 1. The molecule has 1 heterocycles. The first kappa shape index (κ1) is 17.8. The summed E-state index contributed by atoms with van der Waals surface area (Å²) in [6.45, 7) is 2.05. The summed E-state index contributed by atoms with van der Waals surface area (Å²) < 4.78 is 34.9. The Hall–Kier alpha value is -2.53. The molecule has 5 nitrogen and oxygen atoms in total. The Balaban J connectivity index is 1.77. The van der Waals surface area contributed by atoms with Crippen LogP contribution in [0, 0.1) is 23.5 Å². The van der Waals surface area contributed by atoms with E-state index in [4.69, 9.17) is 4.74 Å². The molecule has 0 saturated carbocycles. The van der Waals surface area contributed by atoms with Crippen molar-refractivity contribution in [3.05, 3.63) is 40.4 Å². The highest BCUT2D eigenvalue weighted by atomic mass is 32.1. The highest BCUT2D eigenvalue weighted by molar-refractivity contribution is 7.08. The van der Waals surface area contributed by atoms with Crippen molar-refractivity contribution in [1.29, 1.82) is 0 Å². The number of amides is 1. The van der Waals surface area contributed by atoms with E-state index in [0.717, 1.165) is 30.1 Å². The van der Waals surface area contributed by atoms with Crippen LogP contribution < -0.4 is 10.1 Å². The summed E-state index contributed by atoms with van der Waals surface area (Å²) in [5.74, 6) is 3.53. The van der Waals surface area contributed by atoms with Crippen molar-refractivity contribution in [2.24, 2.45) is 0 Å². The Morgan fingerprint density at radius 2 is 2.21 bits per heavy atom. The minimum absolute atomic E-state index is 0.0678. The summed E-state index contributed by atoms with van der Waals surface area (Å²) in [5, 5.41) is 6.56. The molecule has 0 unspecified atom stereocenters. The molecule has 2 aromatic rings. The Kier molecular flexibility index (Phi) is 6.63. The lowest BCUT2D eigenvalue weighted by molar-refractivity contribution is 0.0961. The third-order valence-electron chi connectivity index (χ3n) is 2.90. The van der Waals surface area contributed by atoms with Gasteiger partial charge in [0.2, 0.25) is 0 Å². The van der Waals surface area contributed by atoms with Crippen LogP contribution in [-0.2, 0) is 6.42 Å². The van der Waals surface area contributed by atoms with Gasteiger partial charge in [0.25, 0.3) is 5.91 Å². The standard InChI is InChI=1S/C16H15F2N3O2S/c1-2-5-13-15(24-21-20-13)16(22)19-8-3-4-9-23-14-7-6-11(17)10-12(14)18/h6-7,10H,2,5,8-9H2,1H3,(H,19,22). The van der Waals surface area contributed by atoms with E-state index in [1.54, 1.807) is 0 Å². The predicted molar refractivity (Wildman–Crippen MR) is 85.9 cm³/mol. The topological polar surface area (TPSA) is 64.1 Å². The smallest absolute Gasteiger partial charge is 0.265 e. The zero-order valence-corrected chi connectivity index (χ0v) is 13.8. The first-order chi connectivity index (χ1) is 11.6. The maximum atomic E-state index is 13.3. The van der Waals surface area contributed by atoms with Crippen LogP contribution in [0.25, 0.3) is 0 Å². The monoisotopic (exact) mass is 351 g/mol. The van der Waals surface area contributed by atoms with E-state index < -0.39 is 11.6 Å². The van der Waals surface area contributed by atoms with Gasteiger partial charge in [-0.2, -0.15) is 0 Å². The van der Waals surface area contributed by atoms with E-state index >= 15 is 0 Å². The predicted octanol–water partition coefficient (Wildman–Crippen LogP) is 2.58. The van der Waals surface area contributed by atoms with E-state index in [1.807, 2.05) is 6.92 Å². The fraction of sp³-hybridized carbons (Fsp3) is 0.312. The molecular weight excluding hydrogens is 336 g/mol. The molecule has 0 bridgehead atoms. The van der Waals surface area contributed by atoms with Crippen molar-refractivity contribution in [3.63, 3.8) is 0 Å². The van der Waals surface area contributed by atoms with Crippen molar-refractivity contribution in [2.75, 3.05) is 13.2 Å². The Morgan fingerprint density at radius 1 is 1.38 bits per heavy atom. The molecule has 0 saturated heterocycles. The highest BCUT2D eigenvalue weighted by Gasteiger charge is 2.14. The van der Waals surface area contributed by atoms with Crippen LogP contribution in [0.4, 0.5) is 8.78 Å². The summed E-state index contributed by atoms with van der Waals surface area (Å²) in [4.78, 5) is 12.5. The molecule has 8 heteroatoms. The summed E-state index contributed by atoms with van der Waals surface area (Å²) in [6, 6.07) is 3.03. The molecule has 2 rings (SSSR count). The van der Waals surface area contributed by atoms with Crippen LogP contribution >= 0.6 is 11.5 Å². The van der Waals surface area contributed by atoms with Crippen LogP contribution in [0.5, 0.6) is 5.75 Å². The maximum Gasteiger partial charge on any atom is 0.265 e. The molecule has 0 fully saturated rings. The molecule has 1 N–H and O–H groups in total. The lowest BCUT2D eigenvalue weighted by Gasteiger charge is -2.03. The van der Waals surface area contributed by atoms with E-state index in [9.17, 15) is 13.6 Å².